The molecule has 10 atom stereocenters. The molecule has 34 heavy (non-hydrogen) atoms. The van der Waals surface area contributed by atoms with Crippen LogP contribution in [0.5, 0.6) is 0 Å². The van der Waals surface area contributed by atoms with Gasteiger partial charge in [0.25, 0.3) is 0 Å². The number of hydrogen-bond acceptors (Lipinski definition) is 4. The molecule has 4 N–H and O–H groups in total. The molecule has 0 heterocycles. The molecule has 0 aromatic carbocycles. The van der Waals surface area contributed by atoms with E-state index in [4.69, 9.17) is 0 Å². The Kier molecular flexibility index (Phi) is 5.28. The molecule has 4 fully saturated rings. The molecule has 4 nitrogen and oxygen atoms in total. The molecule has 0 aliphatic heterocycles. The zero-order valence-corrected chi connectivity index (χ0v) is 22.7. The van der Waals surface area contributed by atoms with E-state index >= 15 is 0 Å². The van der Waals surface area contributed by atoms with Crippen LogP contribution < -0.4 is 0 Å². The van der Waals surface area contributed by atoms with Crippen LogP contribution in [0.25, 0.3) is 0 Å². The summed E-state index contributed by atoms with van der Waals surface area (Å²) in [7, 11) is 0. The Morgan fingerprint density at radius 3 is 2.12 bits per heavy atom. The molecule has 0 radical (unpaired) electrons. The Labute approximate surface area is 207 Å². The normalized spacial score (nSPS) is 58.6. The van der Waals surface area contributed by atoms with E-state index in [1.807, 2.05) is 0 Å². The van der Waals surface area contributed by atoms with E-state index in [1.165, 1.54) is 5.57 Å². The van der Waals surface area contributed by atoms with Crippen molar-refractivity contribution in [2.75, 3.05) is 6.61 Å². The quantitative estimate of drug-likeness (QED) is 0.393. The molecular weight excluding hydrogens is 424 g/mol. The zero-order chi connectivity index (χ0) is 25.2. The molecule has 0 aromatic heterocycles. The molecule has 0 aromatic rings. The molecule has 0 amide bonds. The summed E-state index contributed by atoms with van der Waals surface area (Å²) in [6.07, 6.45) is 9.39. The minimum Gasteiger partial charge on any atom is -0.396 e. The summed E-state index contributed by atoms with van der Waals surface area (Å²) in [5.41, 5.74) is -0.934. The minimum atomic E-state index is -1.21. The summed E-state index contributed by atoms with van der Waals surface area (Å²) in [6, 6.07) is 0. The fourth-order valence-corrected chi connectivity index (χ4v) is 10.6. The smallest absolute Gasteiger partial charge is 0.104 e. The Hall–Kier alpha value is -0.420. The van der Waals surface area contributed by atoms with E-state index < -0.39 is 17.1 Å². The van der Waals surface area contributed by atoms with Gasteiger partial charge in [0.2, 0.25) is 0 Å². The monoisotopic (exact) mass is 474 g/mol. The maximum Gasteiger partial charge on any atom is 0.104 e. The van der Waals surface area contributed by atoms with Crippen LogP contribution >= 0.6 is 0 Å². The zero-order valence-electron chi connectivity index (χ0n) is 22.7. The molecule has 4 heteroatoms. The van der Waals surface area contributed by atoms with Crippen molar-refractivity contribution in [1.29, 1.82) is 0 Å². The van der Waals surface area contributed by atoms with Gasteiger partial charge in [0.1, 0.15) is 11.7 Å². The topological polar surface area (TPSA) is 80.9 Å². The summed E-state index contributed by atoms with van der Waals surface area (Å²) in [6.45, 7) is 16.1. The van der Waals surface area contributed by atoms with E-state index in [-0.39, 0.29) is 45.7 Å². The van der Waals surface area contributed by atoms with Gasteiger partial charge in [-0.2, -0.15) is 0 Å². The van der Waals surface area contributed by atoms with Gasteiger partial charge in [0, 0.05) is 12.0 Å². The van der Waals surface area contributed by atoms with Gasteiger partial charge >= 0.3 is 0 Å². The molecule has 0 bridgehead atoms. The third kappa shape index (κ3) is 2.75. The first-order valence-corrected chi connectivity index (χ1v) is 14.0. The van der Waals surface area contributed by atoms with Crippen LogP contribution in [0.4, 0.5) is 0 Å². The van der Waals surface area contributed by atoms with Crippen molar-refractivity contribution in [3.8, 4) is 0 Å². The first-order chi connectivity index (χ1) is 15.5. The predicted molar refractivity (Wildman–Crippen MR) is 135 cm³/mol. The maximum absolute atomic E-state index is 12.8. The molecular formula is C30H50O4. The van der Waals surface area contributed by atoms with Crippen molar-refractivity contribution in [3.05, 3.63) is 11.6 Å². The second-order valence-electron chi connectivity index (χ2n) is 15.3. The third-order valence-electron chi connectivity index (χ3n) is 13.4. The average molecular weight is 475 g/mol. The fraction of sp³-hybridized carbons (Fsp3) is 0.933. The Morgan fingerprint density at radius 1 is 0.824 bits per heavy atom. The van der Waals surface area contributed by atoms with Crippen LogP contribution in [-0.4, -0.2) is 44.8 Å². The lowest BCUT2D eigenvalue weighted by atomic mass is 9.32. The van der Waals surface area contributed by atoms with Gasteiger partial charge in [0.05, 0.1) is 6.10 Å². The Morgan fingerprint density at radius 2 is 1.47 bits per heavy atom. The number of aliphatic hydroxyl groups excluding tert-OH is 3. The highest BCUT2D eigenvalue weighted by Gasteiger charge is 2.74. The Bertz CT molecular complexity index is 896. The first-order valence-electron chi connectivity index (χ1n) is 14.0. The fourth-order valence-electron chi connectivity index (χ4n) is 10.6. The van der Waals surface area contributed by atoms with Crippen molar-refractivity contribution in [3.63, 3.8) is 0 Å². The number of aliphatic hydroxyl groups is 4. The Balaban J connectivity index is 1.66. The van der Waals surface area contributed by atoms with Crippen molar-refractivity contribution >= 4 is 0 Å². The summed E-state index contributed by atoms with van der Waals surface area (Å²) in [5.74, 6) is 0.329. The van der Waals surface area contributed by atoms with Gasteiger partial charge in [-0.3, -0.25) is 0 Å². The first kappa shape index (κ1) is 25.2. The van der Waals surface area contributed by atoms with E-state index in [2.05, 4.69) is 54.5 Å². The second-order valence-corrected chi connectivity index (χ2v) is 15.3. The summed E-state index contributed by atoms with van der Waals surface area (Å²) >= 11 is 0. The summed E-state index contributed by atoms with van der Waals surface area (Å²) < 4.78 is 0. The highest BCUT2D eigenvalue weighted by atomic mass is 16.3. The number of fused-ring (bicyclic) bond motifs is 7. The molecule has 194 valence electrons. The average Bonchev–Trinajstić information content (AvgIpc) is 2.77. The van der Waals surface area contributed by atoms with Crippen LogP contribution in [0.15, 0.2) is 11.6 Å². The highest BCUT2D eigenvalue weighted by molar-refractivity contribution is 5.40. The summed E-state index contributed by atoms with van der Waals surface area (Å²) in [4.78, 5) is 0. The van der Waals surface area contributed by atoms with E-state index in [0.29, 0.717) is 5.92 Å². The van der Waals surface area contributed by atoms with Crippen molar-refractivity contribution in [2.45, 2.75) is 124 Å². The number of rotatable bonds is 1. The predicted octanol–water partition coefficient (Wildman–Crippen LogP) is 5.23. The molecule has 5 aliphatic carbocycles. The van der Waals surface area contributed by atoms with Gasteiger partial charge in [-0.25, -0.2) is 0 Å². The molecule has 0 spiro atoms. The number of allylic oxidation sites excluding steroid dienone is 1. The van der Waals surface area contributed by atoms with Gasteiger partial charge < -0.3 is 20.4 Å². The van der Waals surface area contributed by atoms with E-state index in [9.17, 15) is 20.4 Å². The lowest BCUT2D eigenvalue weighted by molar-refractivity contribution is -0.289. The second kappa shape index (κ2) is 7.11. The molecule has 0 saturated heterocycles. The van der Waals surface area contributed by atoms with Gasteiger partial charge in [-0.15, -0.1) is 0 Å². The minimum absolute atomic E-state index is 0.0103. The van der Waals surface area contributed by atoms with Crippen molar-refractivity contribution in [1.82, 2.24) is 0 Å². The van der Waals surface area contributed by atoms with Crippen molar-refractivity contribution < 1.29 is 20.4 Å². The lowest BCUT2D eigenvalue weighted by Crippen LogP contribution is -2.75. The van der Waals surface area contributed by atoms with Crippen LogP contribution in [0.3, 0.4) is 0 Å². The molecule has 10 unspecified atom stereocenters. The van der Waals surface area contributed by atoms with Crippen LogP contribution in [-0.2, 0) is 0 Å². The van der Waals surface area contributed by atoms with Gasteiger partial charge in [0.15, 0.2) is 0 Å². The van der Waals surface area contributed by atoms with E-state index in [1.54, 1.807) is 0 Å². The van der Waals surface area contributed by atoms with Crippen LogP contribution in [0.1, 0.15) is 106 Å². The third-order valence-corrected chi connectivity index (χ3v) is 13.4. The standard InChI is InChI=1S/C30H50O4/c1-24(2)19-8-11-28(6)20(27(19,5)10-9-22(24)32)16-23(33)30(34)21-17-25(3,18-31)12-13-26(21,4)14-15-29(28,30)7/h16,19,21-23,31-34H,8-15,17-18H2,1-7H3. The van der Waals surface area contributed by atoms with Crippen LogP contribution in [0, 0.1) is 44.3 Å². The van der Waals surface area contributed by atoms with Gasteiger partial charge in [-0.05, 0) is 96.7 Å². The molecule has 5 rings (SSSR count). The SMILES string of the molecule is CC1(CO)CCC2(C)CCC3(C)C4(C)CCC5C(C)(CCC(O)C5(C)C)C4=CC(O)C3(O)C2C1. The number of hydrogen-bond donors (Lipinski definition) is 4. The molecule has 4 saturated carbocycles. The maximum atomic E-state index is 12.8. The largest absolute Gasteiger partial charge is 0.396 e. The lowest BCUT2D eigenvalue weighted by Gasteiger charge is -2.74. The molecule has 5 aliphatic rings. The summed E-state index contributed by atoms with van der Waals surface area (Å²) in [5, 5.41) is 45.9. The van der Waals surface area contributed by atoms with Crippen molar-refractivity contribution in [2.24, 2.45) is 44.3 Å². The highest BCUT2D eigenvalue weighted by Crippen LogP contribution is 2.76. The van der Waals surface area contributed by atoms with Gasteiger partial charge in [-0.1, -0.05) is 60.1 Å². The van der Waals surface area contributed by atoms with E-state index in [0.717, 1.165) is 57.8 Å². The van der Waals surface area contributed by atoms with Crippen LogP contribution in [0.2, 0.25) is 0 Å².